The van der Waals surface area contributed by atoms with Crippen LogP contribution in [0.5, 0.6) is 0 Å². The van der Waals surface area contributed by atoms with Crippen LogP contribution in [0, 0.1) is 0 Å². The van der Waals surface area contributed by atoms with Crippen molar-refractivity contribution >= 4 is 66.5 Å². The summed E-state index contributed by atoms with van der Waals surface area (Å²) in [6.07, 6.45) is -5.02. The largest absolute Gasteiger partial charge is 0.415 e. The molecule has 328 valence electrons. The number of hydrogen-bond donors (Lipinski definition) is 0. The van der Waals surface area contributed by atoms with Crippen LogP contribution in [0.4, 0.5) is 0 Å². The van der Waals surface area contributed by atoms with Gasteiger partial charge in [0.25, 0.3) is 0 Å². The fourth-order valence-electron chi connectivity index (χ4n) is 6.38. The van der Waals surface area contributed by atoms with Crippen LogP contribution in [-0.2, 0) is 49.6 Å². The highest BCUT2D eigenvalue weighted by molar-refractivity contribution is 6.72. The van der Waals surface area contributed by atoms with Gasteiger partial charge in [0, 0.05) is 0 Å². The minimum atomic E-state index is -2.17. The second-order valence-corrected chi connectivity index (χ2v) is 59.0. The molecule has 0 bridgehead atoms. The lowest BCUT2D eigenvalue weighted by Crippen LogP contribution is -2.68. The van der Waals surface area contributed by atoms with Crippen molar-refractivity contribution in [2.45, 2.75) is 219 Å². The van der Waals surface area contributed by atoms with Gasteiger partial charge in [0.15, 0.2) is 79.1 Å². The van der Waals surface area contributed by atoms with Crippen molar-refractivity contribution in [3.05, 3.63) is 0 Å². The van der Waals surface area contributed by atoms with E-state index in [1.165, 1.54) is 0 Å². The van der Waals surface area contributed by atoms with Gasteiger partial charge in [0.1, 0.15) is 48.8 Å². The number of ether oxygens (including phenoxy) is 3. The number of hydrogen-bond acceptors (Lipinski definition) is 11. The lowest BCUT2D eigenvalue weighted by molar-refractivity contribution is -0.314. The SMILES string of the molecule is C[Si](C)(C)OC[C@H]1O[C@@H](OC[C@H]2O[C@@H](O[Si](C)(C)C)[C@H](O[Si](C)(C)C)[C@@H](O[Si](C)(C)C)[C@@H]2O[Si](C)(C)C)[C@H](O[Si](C)(C)C)[C@@H](O[Si](C)(C)C)[C@@H]1O[Si](C)(C)C. The Morgan fingerprint density at radius 3 is 0.891 bits per heavy atom. The third-order valence-electron chi connectivity index (χ3n) is 7.70. The quantitative estimate of drug-likeness (QED) is 0.109. The summed E-state index contributed by atoms with van der Waals surface area (Å²) in [5, 5.41) is 0. The van der Waals surface area contributed by atoms with Crippen LogP contribution in [-0.4, -0.2) is 141 Å². The molecule has 2 rings (SSSR count). The van der Waals surface area contributed by atoms with E-state index in [0.29, 0.717) is 6.61 Å². The van der Waals surface area contributed by atoms with Crippen LogP contribution in [0.15, 0.2) is 0 Å². The van der Waals surface area contributed by atoms with E-state index < -0.39 is 122 Å². The highest BCUT2D eigenvalue weighted by atomic mass is 28.4. The fourth-order valence-corrected chi connectivity index (χ4v) is 14.4. The van der Waals surface area contributed by atoms with Crippen LogP contribution in [0.25, 0.3) is 0 Å². The molecule has 0 saturated carbocycles. The van der Waals surface area contributed by atoms with Crippen molar-refractivity contribution in [1.82, 2.24) is 0 Å². The molecule has 0 aliphatic carbocycles. The summed E-state index contributed by atoms with van der Waals surface area (Å²) in [6.45, 7) is 53.4. The molecule has 2 aliphatic rings. The molecule has 11 nitrogen and oxygen atoms in total. The van der Waals surface area contributed by atoms with Gasteiger partial charge in [-0.3, -0.25) is 0 Å². The van der Waals surface area contributed by atoms with Gasteiger partial charge in [-0.1, -0.05) is 0 Å². The molecular formula is C36H86O11Si8. The zero-order valence-corrected chi connectivity index (χ0v) is 47.7. The highest BCUT2D eigenvalue weighted by Gasteiger charge is 2.55. The van der Waals surface area contributed by atoms with Crippen LogP contribution in [0.2, 0.25) is 157 Å². The molecule has 0 amide bonds. The van der Waals surface area contributed by atoms with E-state index in [1.807, 2.05) is 0 Å². The van der Waals surface area contributed by atoms with Gasteiger partial charge >= 0.3 is 0 Å². The van der Waals surface area contributed by atoms with E-state index in [4.69, 9.17) is 49.6 Å². The number of rotatable bonds is 20. The third-order valence-corrected chi connectivity index (χ3v) is 15.5. The first-order valence-electron chi connectivity index (χ1n) is 20.5. The Balaban J connectivity index is 2.76. The third kappa shape index (κ3) is 20.6. The molecule has 2 aliphatic heterocycles. The van der Waals surface area contributed by atoms with Gasteiger partial charge in [-0.05, 0) is 157 Å². The van der Waals surface area contributed by atoms with Gasteiger partial charge in [-0.2, -0.15) is 0 Å². The lowest BCUT2D eigenvalue weighted by Gasteiger charge is -2.53. The van der Waals surface area contributed by atoms with Crippen LogP contribution in [0.3, 0.4) is 0 Å². The van der Waals surface area contributed by atoms with Crippen LogP contribution < -0.4 is 0 Å². The Morgan fingerprint density at radius 2 is 0.564 bits per heavy atom. The normalized spacial score (nSPS) is 31.2. The van der Waals surface area contributed by atoms with E-state index >= 15 is 0 Å². The minimum Gasteiger partial charge on any atom is -0.415 e. The van der Waals surface area contributed by atoms with Crippen LogP contribution >= 0.6 is 0 Å². The van der Waals surface area contributed by atoms with Gasteiger partial charge < -0.3 is 49.6 Å². The van der Waals surface area contributed by atoms with E-state index in [0.717, 1.165) is 0 Å². The molecule has 2 fully saturated rings. The smallest absolute Gasteiger partial charge is 0.187 e. The van der Waals surface area contributed by atoms with Crippen molar-refractivity contribution < 1.29 is 49.6 Å². The van der Waals surface area contributed by atoms with Crippen molar-refractivity contribution in [3.8, 4) is 0 Å². The van der Waals surface area contributed by atoms with Crippen LogP contribution in [0.1, 0.15) is 0 Å². The van der Waals surface area contributed by atoms with E-state index in [1.54, 1.807) is 0 Å². The standard InChI is InChI=1S/C36H86O11Si8/c1-48(2,3)38-26-28-30(42-50(7,8)9)31(43-51(10,11)12)33(45-53(16,17)18)35(39-28)37-25-27-29(41-49(4,5)6)32(44-52(13,14)15)34(46-54(19,20)21)36(40-27)47-55(22,23)24/h27-36H,25-26H2,1-24H3/t27-,28-,29-,30-,31+,32+,33-,34-,35-,36+/m1/s1. The van der Waals surface area contributed by atoms with Crippen molar-refractivity contribution in [2.24, 2.45) is 0 Å². The first-order chi connectivity index (χ1) is 24.2. The van der Waals surface area contributed by atoms with E-state index in [9.17, 15) is 0 Å². The molecule has 0 radical (unpaired) electrons. The lowest BCUT2D eigenvalue weighted by atomic mass is 9.98. The molecule has 0 N–H and O–H groups in total. The zero-order valence-electron chi connectivity index (χ0n) is 39.7. The summed E-state index contributed by atoms with van der Waals surface area (Å²) in [7, 11) is -16.8. The maximum Gasteiger partial charge on any atom is 0.187 e. The summed E-state index contributed by atoms with van der Waals surface area (Å²) in [6, 6.07) is 0. The first kappa shape index (κ1) is 52.4. The second kappa shape index (κ2) is 19.1. The summed E-state index contributed by atoms with van der Waals surface area (Å²) in [5.74, 6) is 0. The predicted octanol–water partition coefficient (Wildman–Crippen LogP) is 9.48. The average Bonchev–Trinajstić information content (AvgIpc) is 2.87. The Kier molecular flexibility index (Phi) is 18.2. The molecule has 2 heterocycles. The molecular weight excluding hydrogens is 833 g/mol. The van der Waals surface area contributed by atoms with E-state index in [2.05, 4.69) is 157 Å². The highest BCUT2D eigenvalue weighted by Crippen LogP contribution is 2.38. The summed E-state index contributed by atoms with van der Waals surface area (Å²) < 4.78 is 76.8. The van der Waals surface area contributed by atoms with Gasteiger partial charge in [-0.15, -0.1) is 0 Å². The Bertz CT molecular complexity index is 1180. The van der Waals surface area contributed by atoms with E-state index in [-0.39, 0.29) is 12.7 Å². The summed E-state index contributed by atoms with van der Waals surface area (Å²) in [4.78, 5) is 0. The van der Waals surface area contributed by atoms with Gasteiger partial charge in [0.2, 0.25) is 0 Å². The minimum absolute atomic E-state index is 0.170. The fraction of sp³-hybridized carbons (Fsp3) is 1.00. The second-order valence-electron chi connectivity index (χ2n) is 23.2. The first-order valence-corrected chi connectivity index (χ1v) is 47.8. The molecule has 2 saturated heterocycles. The summed E-state index contributed by atoms with van der Waals surface area (Å²) >= 11 is 0. The van der Waals surface area contributed by atoms with Crippen molar-refractivity contribution in [3.63, 3.8) is 0 Å². The Labute approximate surface area is 346 Å². The molecule has 10 atom stereocenters. The average molecular weight is 920 g/mol. The topological polar surface area (TPSA) is 102 Å². The van der Waals surface area contributed by atoms with Crippen molar-refractivity contribution in [1.29, 1.82) is 0 Å². The molecule has 0 aromatic carbocycles. The van der Waals surface area contributed by atoms with Crippen molar-refractivity contribution in [2.75, 3.05) is 13.2 Å². The molecule has 19 heteroatoms. The maximum absolute atomic E-state index is 7.11. The zero-order chi connectivity index (χ0) is 43.0. The summed E-state index contributed by atoms with van der Waals surface area (Å²) in [5.41, 5.74) is 0. The maximum atomic E-state index is 7.11. The molecule has 0 unspecified atom stereocenters. The predicted molar refractivity (Wildman–Crippen MR) is 246 cm³/mol. The monoisotopic (exact) mass is 918 g/mol. The Hall–Kier alpha value is 1.30. The Morgan fingerprint density at radius 1 is 0.291 bits per heavy atom. The molecule has 55 heavy (non-hydrogen) atoms. The molecule has 0 spiro atoms. The van der Waals surface area contributed by atoms with Gasteiger partial charge in [0.05, 0.1) is 13.2 Å². The molecule has 0 aromatic heterocycles. The molecule has 0 aromatic rings. The van der Waals surface area contributed by atoms with Gasteiger partial charge in [-0.25, -0.2) is 0 Å².